The highest BCUT2D eigenvalue weighted by Crippen LogP contribution is 2.29. The second-order valence-corrected chi connectivity index (χ2v) is 7.87. The standard InChI is InChI=1S/C24H29N5O4/c1-3-33-23(30)21-19(16-28-12-14-29(15-13-28)20-6-4-5-11-25-20)26-24(31)27-22(21)17-7-9-18(32-2)10-8-17/h4-11,22H,3,12-16H2,1-2H3,(H2,26,27,31)/t22-/m0/s1. The Hall–Kier alpha value is -3.59. The molecule has 0 aliphatic carbocycles. The molecule has 0 spiro atoms. The van der Waals surface area contributed by atoms with Crippen molar-refractivity contribution in [1.29, 1.82) is 0 Å². The van der Waals surface area contributed by atoms with Crippen molar-refractivity contribution in [3.05, 3.63) is 65.5 Å². The third kappa shape index (κ3) is 5.25. The maximum Gasteiger partial charge on any atom is 0.338 e. The first-order chi connectivity index (χ1) is 16.1. The van der Waals surface area contributed by atoms with Gasteiger partial charge in [0.25, 0.3) is 0 Å². The molecule has 2 aliphatic rings. The van der Waals surface area contributed by atoms with E-state index in [1.165, 1.54) is 0 Å². The molecule has 3 heterocycles. The summed E-state index contributed by atoms with van der Waals surface area (Å²) in [5, 5.41) is 5.73. The third-order valence-corrected chi connectivity index (χ3v) is 5.83. The van der Waals surface area contributed by atoms with Gasteiger partial charge in [0.05, 0.1) is 25.3 Å². The summed E-state index contributed by atoms with van der Waals surface area (Å²) in [6, 6.07) is 12.3. The van der Waals surface area contributed by atoms with E-state index in [-0.39, 0.29) is 12.6 Å². The normalized spacial score (nSPS) is 19.0. The molecule has 0 unspecified atom stereocenters. The number of carbonyl (C=O) groups is 2. The van der Waals surface area contributed by atoms with Crippen LogP contribution >= 0.6 is 0 Å². The lowest BCUT2D eigenvalue weighted by atomic mass is 9.94. The number of pyridine rings is 1. The fourth-order valence-corrected chi connectivity index (χ4v) is 4.14. The summed E-state index contributed by atoms with van der Waals surface area (Å²) in [5.41, 5.74) is 1.78. The largest absolute Gasteiger partial charge is 0.497 e. The number of rotatable bonds is 7. The molecule has 9 heteroatoms. The lowest BCUT2D eigenvalue weighted by molar-refractivity contribution is -0.139. The van der Waals surface area contributed by atoms with Crippen LogP contribution in [0.3, 0.4) is 0 Å². The van der Waals surface area contributed by atoms with Gasteiger partial charge in [0, 0.05) is 44.6 Å². The van der Waals surface area contributed by atoms with Crippen molar-refractivity contribution in [1.82, 2.24) is 20.5 Å². The predicted octanol–water partition coefficient (Wildman–Crippen LogP) is 2.08. The topological polar surface area (TPSA) is 96.0 Å². The number of methoxy groups -OCH3 is 1. The van der Waals surface area contributed by atoms with Crippen molar-refractivity contribution in [3.8, 4) is 5.75 Å². The Morgan fingerprint density at radius 1 is 1.12 bits per heavy atom. The Bertz CT molecular complexity index is 1000. The van der Waals surface area contributed by atoms with Crippen LogP contribution in [0.4, 0.5) is 10.6 Å². The summed E-state index contributed by atoms with van der Waals surface area (Å²) in [6.45, 7) is 5.66. The summed E-state index contributed by atoms with van der Waals surface area (Å²) in [6.07, 6.45) is 1.79. The number of benzene rings is 1. The van der Waals surface area contributed by atoms with Crippen LogP contribution in [0.2, 0.25) is 0 Å². The second-order valence-electron chi connectivity index (χ2n) is 7.87. The fraction of sp³-hybridized carbons (Fsp3) is 0.375. The number of piperazine rings is 1. The summed E-state index contributed by atoms with van der Waals surface area (Å²) < 4.78 is 10.6. The Balaban J connectivity index is 1.56. The molecule has 4 rings (SSSR count). The molecule has 1 aromatic heterocycles. The molecule has 2 aliphatic heterocycles. The van der Waals surface area contributed by atoms with Crippen molar-refractivity contribution in [2.75, 3.05) is 51.3 Å². The van der Waals surface area contributed by atoms with Crippen molar-refractivity contribution < 1.29 is 19.1 Å². The smallest absolute Gasteiger partial charge is 0.338 e. The number of nitrogens with zero attached hydrogens (tertiary/aromatic N) is 3. The van der Waals surface area contributed by atoms with Crippen LogP contribution in [0.25, 0.3) is 0 Å². The molecule has 1 saturated heterocycles. The number of amides is 2. The highest BCUT2D eigenvalue weighted by atomic mass is 16.5. The molecule has 9 nitrogen and oxygen atoms in total. The van der Waals surface area contributed by atoms with E-state index in [1.807, 2.05) is 42.5 Å². The number of ether oxygens (including phenoxy) is 2. The average Bonchev–Trinajstić information content (AvgIpc) is 2.85. The lowest BCUT2D eigenvalue weighted by Gasteiger charge is -2.37. The van der Waals surface area contributed by atoms with Crippen LogP contribution in [0.1, 0.15) is 18.5 Å². The molecule has 0 radical (unpaired) electrons. The summed E-state index contributed by atoms with van der Waals surface area (Å²) in [5.74, 6) is 1.22. The Morgan fingerprint density at radius 2 is 1.88 bits per heavy atom. The van der Waals surface area contributed by atoms with Gasteiger partial charge in [0.2, 0.25) is 0 Å². The highest BCUT2D eigenvalue weighted by Gasteiger charge is 2.34. The van der Waals surface area contributed by atoms with Gasteiger partial charge >= 0.3 is 12.0 Å². The molecule has 174 valence electrons. The predicted molar refractivity (Wildman–Crippen MR) is 124 cm³/mol. The molecule has 1 atom stereocenters. The second kappa shape index (κ2) is 10.4. The first kappa shape index (κ1) is 22.6. The average molecular weight is 452 g/mol. The van der Waals surface area contributed by atoms with Gasteiger partial charge in [-0.05, 0) is 36.8 Å². The molecule has 33 heavy (non-hydrogen) atoms. The number of aromatic nitrogens is 1. The lowest BCUT2D eigenvalue weighted by Crippen LogP contribution is -2.52. The van der Waals surface area contributed by atoms with Crippen molar-refractivity contribution in [2.45, 2.75) is 13.0 Å². The van der Waals surface area contributed by atoms with E-state index in [0.717, 1.165) is 37.6 Å². The van der Waals surface area contributed by atoms with Gasteiger partial charge in [0.1, 0.15) is 11.6 Å². The number of anilines is 1. The minimum atomic E-state index is -0.603. The van der Waals surface area contributed by atoms with E-state index in [4.69, 9.17) is 9.47 Å². The number of carbonyl (C=O) groups excluding carboxylic acids is 2. The molecule has 2 amide bonds. The van der Waals surface area contributed by atoms with Gasteiger partial charge in [-0.15, -0.1) is 0 Å². The van der Waals surface area contributed by atoms with E-state index in [9.17, 15) is 9.59 Å². The zero-order chi connectivity index (χ0) is 23.2. The van der Waals surface area contributed by atoms with Crippen LogP contribution in [-0.2, 0) is 9.53 Å². The van der Waals surface area contributed by atoms with Crippen LogP contribution in [0.15, 0.2) is 59.9 Å². The quantitative estimate of drug-likeness (QED) is 0.623. The van der Waals surface area contributed by atoms with Crippen LogP contribution in [-0.4, -0.2) is 68.3 Å². The van der Waals surface area contributed by atoms with Crippen LogP contribution in [0.5, 0.6) is 5.75 Å². The third-order valence-electron chi connectivity index (χ3n) is 5.83. The molecular formula is C24H29N5O4. The van der Waals surface area contributed by atoms with Gasteiger partial charge in [0.15, 0.2) is 0 Å². The molecule has 0 bridgehead atoms. The first-order valence-electron chi connectivity index (χ1n) is 11.1. The Kier molecular flexibility index (Phi) is 7.09. The molecule has 2 aromatic rings. The van der Waals surface area contributed by atoms with Crippen LogP contribution < -0.4 is 20.3 Å². The van der Waals surface area contributed by atoms with Crippen LogP contribution in [0, 0.1) is 0 Å². The van der Waals surface area contributed by atoms with Crippen molar-refractivity contribution >= 4 is 17.8 Å². The minimum absolute atomic E-state index is 0.252. The summed E-state index contributed by atoms with van der Waals surface area (Å²) in [4.78, 5) is 34.4. The van der Waals surface area contributed by atoms with Crippen molar-refractivity contribution in [2.24, 2.45) is 0 Å². The zero-order valence-corrected chi connectivity index (χ0v) is 18.9. The zero-order valence-electron chi connectivity index (χ0n) is 18.9. The summed E-state index contributed by atoms with van der Waals surface area (Å²) in [7, 11) is 1.59. The number of esters is 1. The van der Waals surface area contributed by atoms with Gasteiger partial charge in [-0.1, -0.05) is 18.2 Å². The van der Waals surface area contributed by atoms with E-state index in [0.29, 0.717) is 23.6 Å². The first-order valence-corrected chi connectivity index (χ1v) is 11.1. The summed E-state index contributed by atoms with van der Waals surface area (Å²) >= 11 is 0. The van der Waals surface area contributed by atoms with E-state index < -0.39 is 12.0 Å². The highest BCUT2D eigenvalue weighted by molar-refractivity contribution is 5.95. The van der Waals surface area contributed by atoms with Gasteiger partial charge in [-0.3, -0.25) is 4.90 Å². The number of nitrogens with one attached hydrogen (secondary N) is 2. The minimum Gasteiger partial charge on any atom is -0.497 e. The molecule has 2 N–H and O–H groups in total. The maximum atomic E-state index is 13.0. The fourth-order valence-electron chi connectivity index (χ4n) is 4.14. The number of urea groups is 1. The van der Waals surface area contributed by atoms with Gasteiger partial charge < -0.3 is 25.0 Å². The Morgan fingerprint density at radius 3 is 2.52 bits per heavy atom. The monoisotopic (exact) mass is 451 g/mol. The number of hydrogen-bond donors (Lipinski definition) is 2. The van der Waals surface area contributed by atoms with E-state index >= 15 is 0 Å². The maximum absolute atomic E-state index is 13.0. The number of hydrogen-bond acceptors (Lipinski definition) is 7. The molecule has 0 saturated carbocycles. The molecular weight excluding hydrogens is 422 g/mol. The van der Waals surface area contributed by atoms with Gasteiger partial charge in [-0.25, -0.2) is 14.6 Å². The van der Waals surface area contributed by atoms with E-state index in [2.05, 4.69) is 25.4 Å². The molecule has 1 fully saturated rings. The van der Waals surface area contributed by atoms with Gasteiger partial charge in [-0.2, -0.15) is 0 Å². The SMILES string of the molecule is CCOC(=O)C1=C(CN2CCN(c3ccccn3)CC2)NC(=O)N[C@H]1c1ccc(OC)cc1. The van der Waals surface area contributed by atoms with E-state index in [1.54, 1.807) is 20.2 Å². The molecule has 1 aromatic carbocycles. The van der Waals surface area contributed by atoms with Crippen molar-refractivity contribution in [3.63, 3.8) is 0 Å². The Labute approximate surface area is 193 Å².